The molecule has 0 aliphatic carbocycles. The second kappa shape index (κ2) is 10.4. The van der Waals surface area contributed by atoms with Crippen LogP contribution in [0.25, 0.3) is 0 Å². The van der Waals surface area contributed by atoms with Crippen LogP contribution < -0.4 is 10.1 Å². The van der Waals surface area contributed by atoms with Crippen molar-refractivity contribution in [2.75, 3.05) is 18.5 Å². The van der Waals surface area contributed by atoms with E-state index in [-0.39, 0.29) is 24.6 Å². The van der Waals surface area contributed by atoms with Crippen LogP contribution in [0.15, 0.2) is 72.8 Å². The molecular formula is C24H20ClNO5. The minimum absolute atomic E-state index is 0.261. The Kier molecular flexibility index (Phi) is 7.40. The molecular weight excluding hydrogens is 418 g/mol. The van der Waals surface area contributed by atoms with Gasteiger partial charge in [-0.2, -0.15) is 0 Å². The zero-order valence-corrected chi connectivity index (χ0v) is 17.5. The van der Waals surface area contributed by atoms with Crippen molar-refractivity contribution in [3.8, 4) is 5.75 Å². The molecule has 0 heterocycles. The van der Waals surface area contributed by atoms with E-state index in [0.29, 0.717) is 27.6 Å². The fraction of sp³-hybridized carbons (Fsp3) is 0.125. The van der Waals surface area contributed by atoms with E-state index >= 15 is 0 Å². The fourth-order valence-corrected chi connectivity index (χ4v) is 2.99. The molecule has 6 nitrogen and oxygen atoms in total. The van der Waals surface area contributed by atoms with E-state index in [2.05, 4.69) is 5.32 Å². The first kappa shape index (κ1) is 22.1. The molecule has 0 spiro atoms. The van der Waals surface area contributed by atoms with E-state index in [1.807, 2.05) is 6.07 Å². The van der Waals surface area contributed by atoms with Crippen LogP contribution in [0.5, 0.6) is 5.75 Å². The molecule has 0 saturated carbocycles. The van der Waals surface area contributed by atoms with Gasteiger partial charge in [0.15, 0.2) is 12.4 Å². The molecule has 3 aromatic carbocycles. The highest BCUT2D eigenvalue weighted by Crippen LogP contribution is 2.24. The van der Waals surface area contributed by atoms with Crippen LogP contribution in [0.3, 0.4) is 0 Å². The minimum atomic E-state index is -0.470. The van der Waals surface area contributed by atoms with E-state index in [4.69, 9.17) is 21.1 Å². The van der Waals surface area contributed by atoms with Crippen LogP contribution in [0.1, 0.15) is 33.2 Å². The van der Waals surface area contributed by atoms with Gasteiger partial charge in [-0.15, -0.1) is 0 Å². The predicted molar refractivity (Wildman–Crippen MR) is 118 cm³/mol. The van der Waals surface area contributed by atoms with Crippen LogP contribution in [-0.4, -0.2) is 30.9 Å². The number of halogens is 1. The lowest BCUT2D eigenvalue weighted by Gasteiger charge is -2.12. The summed E-state index contributed by atoms with van der Waals surface area (Å²) in [5, 5.41) is 3.06. The van der Waals surface area contributed by atoms with Crippen molar-refractivity contribution in [2.24, 2.45) is 0 Å². The van der Waals surface area contributed by atoms with Crippen LogP contribution in [0, 0.1) is 0 Å². The van der Waals surface area contributed by atoms with E-state index < -0.39 is 11.9 Å². The zero-order valence-electron chi connectivity index (χ0n) is 16.8. The van der Waals surface area contributed by atoms with Crippen molar-refractivity contribution in [2.45, 2.75) is 6.92 Å². The predicted octanol–water partition coefficient (Wildman–Crippen LogP) is 4.77. The molecule has 7 heteroatoms. The van der Waals surface area contributed by atoms with Gasteiger partial charge in [0.25, 0.3) is 5.91 Å². The second-order valence-electron chi connectivity index (χ2n) is 6.47. The highest BCUT2D eigenvalue weighted by Gasteiger charge is 2.16. The third kappa shape index (κ3) is 5.93. The lowest BCUT2D eigenvalue weighted by atomic mass is 10.0. The average Bonchev–Trinajstić information content (AvgIpc) is 2.79. The molecule has 158 valence electrons. The second-order valence-corrected chi connectivity index (χ2v) is 6.91. The van der Waals surface area contributed by atoms with Gasteiger partial charge < -0.3 is 14.8 Å². The van der Waals surface area contributed by atoms with Gasteiger partial charge in [-0.1, -0.05) is 48.0 Å². The first-order chi connectivity index (χ1) is 15.0. The Morgan fingerprint density at radius 3 is 2.39 bits per heavy atom. The molecule has 0 aliphatic rings. The molecule has 3 rings (SSSR count). The normalized spacial score (nSPS) is 10.3. The number of ketones is 1. The molecule has 0 saturated heterocycles. The number of benzene rings is 3. The average molecular weight is 438 g/mol. The van der Waals surface area contributed by atoms with Crippen molar-refractivity contribution in [3.05, 3.63) is 94.5 Å². The van der Waals surface area contributed by atoms with Gasteiger partial charge in [0.2, 0.25) is 0 Å². The Morgan fingerprint density at radius 1 is 0.903 bits per heavy atom. The maximum Gasteiger partial charge on any atom is 0.338 e. The number of carbonyl (C=O) groups excluding carboxylic acids is 3. The largest absolute Gasteiger partial charge is 0.484 e. The number of anilines is 1. The highest BCUT2D eigenvalue weighted by atomic mass is 35.5. The van der Waals surface area contributed by atoms with Gasteiger partial charge in [-0.25, -0.2) is 4.79 Å². The molecule has 0 aromatic heterocycles. The molecule has 0 aliphatic heterocycles. The first-order valence-electron chi connectivity index (χ1n) is 9.57. The topological polar surface area (TPSA) is 81.7 Å². The molecule has 1 amide bonds. The summed E-state index contributed by atoms with van der Waals surface area (Å²) in [6.45, 7) is 1.67. The molecule has 0 radical (unpaired) electrons. The van der Waals surface area contributed by atoms with Gasteiger partial charge in [0, 0.05) is 16.1 Å². The molecule has 0 atom stereocenters. The third-order valence-corrected chi connectivity index (χ3v) is 4.49. The summed E-state index contributed by atoms with van der Waals surface area (Å²) >= 11 is 6.06. The van der Waals surface area contributed by atoms with Gasteiger partial charge >= 0.3 is 5.97 Å². The number of rotatable bonds is 8. The van der Waals surface area contributed by atoms with E-state index in [9.17, 15) is 14.4 Å². The molecule has 0 bridgehead atoms. The molecule has 3 aromatic rings. The molecule has 31 heavy (non-hydrogen) atoms. The molecule has 0 fully saturated rings. The summed E-state index contributed by atoms with van der Waals surface area (Å²) in [5.74, 6) is -0.854. The maximum atomic E-state index is 12.8. The van der Waals surface area contributed by atoms with Crippen molar-refractivity contribution in [3.63, 3.8) is 0 Å². The van der Waals surface area contributed by atoms with E-state index in [1.54, 1.807) is 61.5 Å². The Balaban J connectivity index is 1.69. The van der Waals surface area contributed by atoms with Crippen LogP contribution in [0.4, 0.5) is 5.69 Å². The van der Waals surface area contributed by atoms with E-state index in [1.165, 1.54) is 12.1 Å². The molecule has 1 N–H and O–H groups in total. The van der Waals surface area contributed by atoms with Gasteiger partial charge in [0.1, 0.15) is 5.75 Å². The fourth-order valence-electron chi connectivity index (χ4n) is 2.82. The number of hydrogen-bond acceptors (Lipinski definition) is 5. The Morgan fingerprint density at radius 2 is 1.65 bits per heavy atom. The quantitative estimate of drug-likeness (QED) is 0.405. The molecule has 0 unspecified atom stereocenters. The van der Waals surface area contributed by atoms with Crippen molar-refractivity contribution >= 4 is 34.9 Å². The van der Waals surface area contributed by atoms with E-state index in [0.717, 1.165) is 0 Å². The number of hydrogen-bond donors (Lipinski definition) is 1. The van der Waals surface area contributed by atoms with Crippen LogP contribution >= 0.6 is 11.6 Å². The minimum Gasteiger partial charge on any atom is -0.484 e. The monoisotopic (exact) mass is 437 g/mol. The summed E-state index contributed by atoms with van der Waals surface area (Å²) in [6.07, 6.45) is 0. The van der Waals surface area contributed by atoms with Crippen molar-refractivity contribution in [1.82, 2.24) is 0 Å². The summed E-state index contributed by atoms with van der Waals surface area (Å²) in [4.78, 5) is 37.1. The number of carbonyl (C=O) groups is 3. The lowest BCUT2D eigenvalue weighted by Crippen LogP contribution is -2.21. The third-order valence-electron chi connectivity index (χ3n) is 4.25. The Hall–Kier alpha value is -3.64. The van der Waals surface area contributed by atoms with Gasteiger partial charge in [-0.3, -0.25) is 9.59 Å². The number of esters is 1. The standard InChI is InChI=1S/C24H20ClNO5/c1-2-30-24(29)17-9-6-10-19(13-17)31-15-22(27)26-21-12-11-18(25)14-20(21)23(28)16-7-4-3-5-8-16/h3-14H,2,15H2,1H3,(H,26,27). The summed E-state index contributed by atoms with van der Waals surface area (Å²) in [7, 11) is 0. The Labute approximate surface area is 184 Å². The SMILES string of the molecule is CCOC(=O)c1cccc(OCC(=O)Nc2ccc(Cl)cc2C(=O)c2ccccc2)c1. The maximum absolute atomic E-state index is 12.8. The van der Waals surface area contributed by atoms with Crippen molar-refractivity contribution in [1.29, 1.82) is 0 Å². The van der Waals surface area contributed by atoms with Crippen LogP contribution in [-0.2, 0) is 9.53 Å². The summed E-state index contributed by atoms with van der Waals surface area (Å²) < 4.78 is 10.4. The first-order valence-corrected chi connectivity index (χ1v) is 9.95. The van der Waals surface area contributed by atoms with Crippen LogP contribution in [0.2, 0.25) is 5.02 Å². The lowest BCUT2D eigenvalue weighted by molar-refractivity contribution is -0.118. The Bertz CT molecular complexity index is 1100. The number of nitrogens with one attached hydrogen (secondary N) is 1. The summed E-state index contributed by atoms with van der Waals surface area (Å²) in [6, 6.07) is 19.7. The number of ether oxygens (including phenoxy) is 2. The van der Waals surface area contributed by atoms with Crippen molar-refractivity contribution < 1.29 is 23.9 Å². The highest BCUT2D eigenvalue weighted by molar-refractivity contribution is 6.31. The number of amides is 1. The van der Waals surface area contributed by atoms with Gasteiger partial charge in [-0.05, 0) is 43.3 Å². The smallest absolute Gasteiger partial charge is 0.338 e. The summed E-state index contributed by atoms with van der Waals surface area (Å²) in [5.41, 5.74) is 1.41. The van der Waals surface area contributed by atoms with Gasteiger partial charge in [0.05, 0.1) is 17.9 Å². The zero-order chi connectivity index (χ0) is 22.2.